The molecule has 6 nitrogen and oxygen atoms in total. The van der Waals surface area contributed by atoms with E-state index in [9.17, 15) is 9.59 Å². The van der Waals surface area contributed by atoms with Crippen molar-refractivity contribution in [2.75, 3.05) is 5.32 Å². The van der Waals surface area contributed by atoms with Crippen LogP contribution in [0.1, 0.15) is 53.9 Å². The van der Waals surface area contributed by atoms with Crippen LogP contribution < -0.4 is 10.6 Å². The Morgan fingerprint density at radius 3 is 2.50 bits per heavy atom. The maximum Gasteiger partial charge on any atom is 0.255 e. The Balaban J connectivity index is 1.64. The van der Waals surface area contributed by atoms with E-state index in [0.717, 1.165) is 28.9 Å². The molecule has 0 saturated carbocycles. The van der Waals surface area contributed by atoms with Crippen LogP contribution >= 0.6 is 0 Å². The number of anilines is 1. The molecule has 2 amide bonds. The molecule has 30 heavy (non-hydrogen) atoms. The lowest BCUT2D eigenvalue weighted by Crippen LogP contribution is -2.24. The van der Waals surface area contributed by atoms with Crippen LogP contribution in [-0.4, -0.2) is 21.6 Å². The van der Waals surface area contributed by atoms with Crippen LogP contribution in [0.25, 0.3) is 0 Å². The number of amides is 2. The van der Waals surface area contributed by atoms with Crippen molar-refractivity contribution in [1.82, 2.24) is 15.1 Å². The number of carbonyl (C=O) groups excluding carboxylic acids is 2. The Kier molecular flexibility index (Phi) is 7.38. The summed E-state index contributed by atoms with van der Waals surface area (Å²) < 4.78 is 1.88. The molecule has 0 aliphatic rings. The highest BCUT2D eigenvalue weighted by Crippen LogP contribution is 2.14. The highest BCUT2D eigenvalue weighted by molar-refractivity contribution is 5.95. The molecule has 0 aliphatic heterocycles. The molecule has 0 aliphatic carbocycles. The smallest absolute Gasteiger partial charge is 0.255 e. The van der Waals surface area contributed by atoms with Gasteiger partial charge in [0.1, 0.15) is 0 Å². The van der Waals surface area contributed by atoms with Gasteiger partial charge in [-0.2, -0.15) is 5.10 Å². The van der Waals surface area contributed by atoms with Crippen LogP contribution in [0.15, 0.2) is 60.8 Å². The molecule has 2 N–H and O–H groups in total. The number of hydrogen-bond donors (Lipinski definition) is 2. The first-order chi connectivity index (χ1) is 14.6. The normalized spacial score (nSPS) is 10.6. The maximum atomic E-state index is 12.8. The number of aromatic nitrogens is 2. The van der Waals surface area contributed by atoms with Gasteiger partial charge in [-0.25, -0.2) is 0 Å². The Hall–Kier alpha value is -3.41. The van der Waals surface area contributed by atoms with Gasteiger partial charge in [0.25, 0.3) is 5.91 Å². The number of hydrogen-bond acceptors (Lipinski definition) is 3. The second kappa shape index (κ2) is 10.4. The van der Waals surface area contributed by atoms with Gasteiger partial charge in [-0.1, -0.05) is 56.3 Å². The number of nitrogens with one attached hydrogen (secondary N) is 2. The quantitative estimate of drug-likeness (QED) is 0.562. The molecular weight excluding hydrogens is 376 g/mol. The summed E-state index contributed by atoms with van der Waals surface area (Å²) in [5, 5.41) is 10.3. The zero-order valence-corrected chi connectivity index (χ0v) is 17.5. The monoisotopic (exact) mass is 404 g/mol. The number of rotatable bonds is 9. The van der Waals surface area contributed by atoms with Crippen LogP contribution in [0, 0.1) is 0 Å². The van der Waals surface area contributed by atoms with E-state index in [-0.39, 0.29) is 11.8 Å². The number of carbonyl (C=O) groups is 2. The molecule has 0 unspecified atom stereocenters. The summed E-state index contributed by atoms with van der Waals surface area (Å²) in [4.78, 5) is 24.6. The molecule has 0 spiro atoms. The highest BCUT2D eigenvalue weighted by Gasteiger charge is 2.16. The fourth-order valence-corrected chi connectivity index (χ4v) is 3.35. The molecule has 1 aromatic heterocycles. The summed E-state index contributed by atoms with van der Waals surface area (Å²) in [5.74, 6) is -0.149. The standard InChI is InChI=1S/C24H28N4O2/c1-3-9-23(29)27-20-13-8-12-19(14-20)15-25-24(30)21-16-26-28(22(21)4-2)17-18-10-6-5-7-11-18/h5-8,10-14,16H,3-4,9,15,17H2,1-2H3,(H,25,30)(H,27,29). The minimum Gasteiger partial charge on any atom is -0.348 e. The van der Waals surface area contributed by atoms with Crippen molar-refractivity contribution in [3.63, 3.8) is 0 Å². The predicted molar refractivity (Wildman–Crippen MR) is 118 cm³/mol. The molecule has 6 heteroatoms. The molecule has 0 bridgehead atoms. The third-order valence-corrected chi connectivity index (χ3v) is 4.84. The average molecular weight is 405 g/mol. The van der Waals surface area contributed by atoms with Crippen molar-refractivity contribution in [2.45, 2.75) is 46.2 Å². The Morgan fingerprint density at radius 2 is 1.77 bits per heavy atom. The van der Waals surface area contributed by atoms with E-state index in [1.165, 1.54) is 0 Å². The largest absolute Gasteiger partial charge is 0.348 e. The Morgan fingerprint density at radius 1 is 1.00 bits per heavy atom. The molecule has 156 valence electrons. The molecule has 2 aromatic carbocycles. The summed E-state index contributed by atoms with van der Waals surface area (Å²) in [6.45, 7) is 5.01. The van der Waals surface area contributed by atoms with Crippen molar-refractivity contribution in [1.29, 1.82) is 0 Å². The molecular formula is C24H28N4O2. The summed E-state index contributed by atoms with van der Waals surface area (Å²) in [6, 6.07) is 17.6. The van der Waals surface area contributed by atoms with E-state index in [1.54, 1.807) is 6.20 Å². The van der Waals surface area contributed by atoms with Gasteiger partial charge >= 0.3 is 0 Å². The zero-order chi connectivity index (χ0) is 21.3. The van der Waals surface area contributed by atoms with Gasteiger partial charge in [0.05, 0.1) is 24.0 Å². The van der Waals surface area contributed by atoms with Crippen LogP contribution in [-0.2, 0) is 24.3 Å². The lowest BCUT2D eigenvalue weighted by molar-refractivity contribution is -0.116. The molecule has 0 fully saturated rings. The van der Waals surface area contributed by atoms with Crippen molar-refractivity contribution >= 4 is 17.5 Å². The zero-order valence-electron chi connectivity index (χ0n) is 17.5. The Bertz CT molecular complexity index is 995. The van der Waals surface area contributed by atoms with Crippen molar-refractivity contribution < 1.29 is 9.59 Å². The van der Waals surface area contributed by atoms with Gasteiger partial charge in [-0.05, 0) is 36.1 Å². The minimum absolute atomic E-state index is 0.00268. The molecule has 3 aromatic rings. The maximum absolute atomic E-state index is 12.8. The van der Waals surface area contributed by atoms with E-state index in [2.05, 4.69) is 15.7 Å². The highest BCUT2D eigenvalue weighted by atomic mass is 16.2. The van der Waals surface area contributed by atoms with Crippen LogP contribution in [0.4, 0.5) is 5.69 Å². The molecule has 1 heterocycles. The fourth-order valence-electron chi connectivity index (χ4n) is 3.35. The molecule has 0 radical (unpaired) electrons. The molecule has 3 rings (SSSR count). The predicted octanol–water partition coefficient (Wildman–Crippen LogP) is 4.16. The van der Waals surface area contributed by atoms with Gasteiger partial charge in [0.15, 0.2) is 0 Å². The van der Waals surface area contributed by atoms with Gasteiger partial charge in [-0.15, -0.1) is 0 Å². The number of benzene rings is 2. The average Bonchev–Trinajstić information content (AvgIpc) is 3.15. The molecule has 0 atom stereocenters. The van der Waals surface area contributed by atoms with E-state index in [0.29, 0.717) is 31.5 Å². The van der Waals surface area contributed by atoms with Crippen LogP contribution in [0.5, 0.6) is 0 Å². The van der Waals surface area contributed by atoms with E-state index in [4.69, 9.17) is 0 Å². The van der Waals surface area contributed by atoms with Crippen LogP contribution in [0.2, 0.25) is 0 Å². The lowest BCUT2D eigenvalue weighted by Gasteiger charge is -2.10. The first-order valence-corrected chi connectivity index (χ1v) is 10.4. The third-order valence-electron chi connectivity index (χ3n) is 4.84. The van der Waals surface area contributed by atoms with Gasteiger partial charge in [-0.3, -0.25) is 14.3 Å². The topological polar surface area (TPSA) is 76.0 Å². The van der Waals surface area contributed by atoms with Crippen molar-refractivity contribution in [3.05, 3.63) is 83.2 Å². The SMILES string of the molecule is CCCC(=O)Nc1cccc(CNC(=O)c2cnn(Cc3ccccc3)c2CC)c1. The van der Waals surface area contributed by atoms with E-state index >= 15 is 0 Å². The summed E-state index contributed by atoms with van der Waals surface area (Å²) in [5.41, 5.74) is 4.32. The minimum atomic E-state index is -0.147. The van der Waals surface area contributed by atoms with E-state index in [1.807, 2.05) is 73.1 Å². The Labute approximate surface area is 177 Å². The fraction of sp³-hybridized carbons (Fsp3) is 0.292. The third kappa shape index (κ3) is 5.56. The van der Waals surface area contributed by atoms with Gasteiger partial charge < -0.3 is 10.6 Å². The summed E-state index contributed by atoms with van der Waals surface area (Å²) >= 11 is 0. The second-order valence-electron chi connectivity index (χ2n) is 7.18. The van der Waals surface area contributed by atoms with Crippen molar-refractivity contribution in [2.24, 2.45) is 0 Å². The van der Waals surface area contributed by atoms with Crippen molar-refractivity contribution in [3.8, 4) is 0 Å². The number of nitrogens with zero attached hydrogens (tertiary/aromatic N) is 2. The first kappa shape index (κ1) is 21.3. The van der Waals surface area contributed by atoms with Crippen LogP contribution in [0.3, 0.4) is 0 Å². The summed E-state index contributed by atoms with van der Waals surface area (Å²) in [7, 11) is 0. The van der Waals surface area contributed by atoms with Gasteiger partial charge in [0.2, 0.25) is 5.91 Å². The lowest BCUT2D eigenvalue weighted by atomic mass is 10.1. The second-order valence-corrected chi connectivity index (χ2v) is 7.18. The van der Waals surface area contributed by atoms with E-state index < -0.39 is 0 Å². The van der Waals surface area contributed by atoms with Gasteiger partial charge in [0, 0.05) is 18.7 Å². The summed E-state index contributed by atoms with van der Waals surface area (Å²) in [6.07, 6.45) is 3.65. The molecule has 0 saturated heterocycles. The first-order valence-electron chi connectivity index (χ1n) is 10.4.